The van der Waals surface area contributed by atoms with E-state index in [0.717, 1.165) is 38.5 Å². The number of ether oxygens (including phenoxy) is 2. The fraction of sp³-hybridized carbons (Fsp3) is 0.690. The summed E-state index contributed by atoms with van der Waals surface area (Å²) in [5, 5.41) is 0.440. The van der Waals surface area contributed by atoms with E-state index in [1.165, 1.54) is 0 Å². The highest BCUT2D eigenvalue weighted by Gasteiger charge is 2.66. The molecule has 0 bridgehead atoms. The molecule has 2 fully saturated rings. The molecule has 0 N–H and O–H groups in total. The van der Waals surface area contributed by atoms with Crippen molar-refractivity contribution in [3.63, 3.8) is 0 Å². The second-order valence-electron chi connectivity index (χ2n) is 11.4. The molecule has 4 atom stereocenters. The van der Waals surface area contributed by atoms with Gasteiger partial charge in [-0.1, -0.05) is 64.6 Å². The van der Waals surface area contributed by atoms with E-state index in [1.807, 2.05) is 32.0 Å². The molecule has 0 aromatic carbocycles. The molecule has 2 saturated heterocycles. The Morgan fingerprint density at radius 1 is 1.17 bits per heavy atom. The molecule has 1 aromatic heterocycles. The van der Waals surface area contributed by atoms with Gasteiger partial charge in [-0.25, -0.2) is 0 Å². The van der Waals surface area contributed by atoms with Crippen LogP contribution in [-0.2, 0) is 19.1 Å². The van der Waals surface area contributed by atoms with Crippen LogP contribution < -0.4 is 0 Å². The number of halogens is 1. The third-order valence-corrected chi connectivity index (χ3v) is 8.34. The topological polar surface area (TPSA) is 68.8 Å². The number of esters is 1. The van der Waals surface area contributed by atoms with Gasteiger partial charge in [0.25, 0.3) is 0 Å². The smallest absolute Gasteiger partial charge is 0.306 e. The number of fused-ring (bicyclic) bond motifs is 1. The largest absolute Gasteiger partial charge is 0.456 e. The molecule has 2 aliphatic heterocycles. The average Bonchev–Trinajstić information content (AvgIpc) is 3.38. The van der Waals surface area contributed by atoms with Gasteiger partial charge >= 0.3 is 5.97 Å². The van der Waals surface area contributed by atoms with Gasteiger partial charge in [0.1, 0.15) is 17.5 Å². The number of hydrogen-bond acceptors (Lipinski definition) is 5. The van der Waals surface area contributed by atoms with Crippen LogP contribution in [0.2, 0.25) is 0 Å². The molecular formula is C29H42ClNO4. The first-order valence-corrected chi connectivity index (χ1v) is 13.6. The molecule has 0 spiro atoms. The highest BCUT2D eigenvalue weighted by molar-refractivity contribution is 6.32. The molecule has 194 valence electrons. The number of pyridine rings is 1. The van der Waals surface area contributed by atoms with E-state index in [9.17, 15) is 9.59 Å². The molecule has 0 aliphatic carbocycles. The molecule has 3 rings (SSSR count). The van der Waals surface area contributed by atoms with E-state index in [0.29, 0.717) is 35.9 Å². The fourth-order valence-corrected chi connectivity index (χ4v) is 5.61. The predicted molar refractivity (Wildman–Crippen MR) is 140 cm³/mol. The van der Waals surface area contributed by atoms with E-state index in [1.54, 1.807) is 12.3 Å². The summed E-state index contributed by atoms with van der Waals surface area (Å²) in [4.78, 5) is 30.2. The summed E-state index contributed by atoms with van der Waals surface area (Å²) < 4.78 is 12.4. The quantitative estimate of drug-likeness (QED) is 0.319. The number of hydrogen-bond donors (Lipinski definition) is 0. The van der Waals surface area contributed by atoms with E-state index >= 15 is 0 Å². The van der Waals surface area contributed by atoms with Gasteiger partial charge in [-0.2, -0.15) is 0 Å². The number of rotatable bonds is 4. The molecule has 2 aliphatic rings. The van der Waals surface area contributed by atoms with Crippen molar-refractivity contribution in [1.29, 1.82) is 0 Å². The number of carbonyl (C=O) groups excluding carboxylic acids is 2. The fourth-order valence-electron chi connectivity index (χ4n) is 5.37. The zero-order valence-corrected chi connectivity index (χ0v) is 22.8. The van der Waals surface area contributed by atoms with Crippen molar-refractivity contribution in [2.24, 2.45) is 11.3 Å². The van der Waals surface area contributed by atoms with Crippen molar-refractivity contribution in [2.75, 3.05) is 0 Å². The molecule has 35 heavy (non-hydrogen) atoms. The Morgan fingerprint density at radius 2 is 1.94 bits per heavy atom. The Bertz CT molecular complexity index is 915. The minimum atomic E-state index is -0.620. The number of carbonyl (C=O) groups is 2. The van der Waals surface area contributed by atoms with Crippen LogP contribution >= 0.6 is 11.6 Å². The maximum atomic E-state index is 13.0. The van der Waals surface area contributed by atoms with Gasteiger partial charge in [0.15, 0.2) is 0 Å². The van der Waals surface area contributed by atoms with Crippen molar-refractivity contribution in [3.05, 3.63) is 35.1 Å². The summed E-state index contributed by atoms with van der Waals surface area (Å²) in [6, 6.07) is 5.61. The first-order valence-electron chi connectivity index (χ1n) is 13.2. The number of nitrogens with zero attached hydrogens (tertiary/aromatic N) is 1. The van der Waals surface area contributed by atoms with Gasteiger partial charge < -0.3 is 9.47 Å². The van der Waals surface area contributed by atoms with Crippen LogP contribution in [0.4, 0.5) is 0 Å². The number of Topliss-reactive ketones (excluding diaryl/α,β-unsaturated/α-hetero) is 1. The van der Waals surface area contributed by atoms with Crippen LogP contribution in [0, 0.1) is 11.3 Å². The predicted octanol–water partition coefficient (Wildman–Crippen LogP) is 7.27. The van der Waals surface area contributed by atoms with Crippen LogP contribution in [0.25, 0.3) is 6.08 Å². The standard InChI is InChI=1S/C29H42ClNO4/c1-6-15-29-20-24(23(30)19-22-11-7-8-18-31-22)34-26(33)14-17-27(3,4)25(32)13-12-21(2)10-9-16-28(29,5)35-29/h7-8,11,18-19,21,24H,6,9-10,12-17,20H2,1-5H3. The molecule has 4 unspecified atom stereocenters. The Morgan fingerprint density at radius 3 is 2.63 bits per heavy atom. The maximum Gasteiger partial charge on any atom is 0.306 e. The molecule has 0 amide bonds. The van der Waals surface area contributed by atoms with Crippen LogP contribution in [0.1, 0.15) is 105 Å². The number of cyclic esters (lactones) is 1. The van der Waals surface area contributed by atoms with Crippen molar-refractivity contribution < 1.29 is 19.1 Å². The third kappa shape index (κ3) is 7.16. The lowest BCUT2D eigenvalue weighted by atomic mass is 9.79. The van der Waals surface area contributed by atoms with Gasteiger partial charge in [-0.05, 0) is 56.7 Å². The van der Waals surface area contributed by atoms with Gasteiger partial charge in [0.2, 0.25) is 0 Å². The minimum absolute atomic E-state index is 0.178. The van der Waals surface area contributed by atoms with Gasteiger partial charge in [0.05, 0.1) is 16.3 Å². The SMILES string of the molecule is CCCC12CC(C(Cl)=Cc3ccccn3)OC(=O)CCC(C)(C)C(=O)CCC(C)CCCC1(C)O2. The summed E-state index contributed by atoms with van der Waals surface area (Å²) in [7, 11) is 0. The normalized spacial score (nSPS) is 33.0. The van der Waals surface area contributed by atoms with E-state index < -0.39 is 11.5 Å². The van der Waals surface area contributed by atoms with Gasteiger partial charge in [-0.15, -0.1) is 0 Å². The average molecular weight is 504 g/mol. The molecule has 1 aromatic rings. The number of epoxide rings is 1. The monoisotopic (exact) mass is 503 g/mol. The Hall–Kier alpha value is -1.72. The summed E-state index contributed by atoms with van der Waals surface area (Å²) in [5.41, 5.74) is -0.462. The molecule has 3 heterocycles. The second-order valence-corrected chi connectivity index (χ2v) is 11.8. The Kier molecular flexibility index (Phi) is 9.20. The molecule has 0 radical (unpaired) electrons. The van der Waals surface area contributed by atoms with E-state index in [2.05, 4.69) is 25.8 Å². The summed E-state index contributed by atoms with van der Waals surface area (Å²) in [6.07, 6.45) is 10.4. The van der Waals surface area contributed by atoms with Crippen molar-refractivity contribution in [2.45, 2.75) is 116 Å². The Labute approximate surface area is 216 Å². The van der Waals surface area contributed by atoms with Gasteiger partial charge in [-0.3, -0.25) is 14.6 Å². The number of ketones is 1. The third-order valence-electron chi connectivity index (χ3n) is 7.99. The summed E-state index contributed by atoms with van der Waals surface area (Å²) in [6.45, 7) is 10.4. The zero-order chi connectivity index (χ0) is 25.7. The summed E-state index contributed by atoms with van der Waals surface area (Å²) in [5.74, 6) is 0.366. The van der Waals surface area contributed by atoms with Crippen LogP contribution in [0.15, 0.2) is 29.4 Å². The van der Waals surface area contributed by atoms with Crippen LogP contribution in [-0.4, -0.2) is 34.0 Å². The van der Waals surface area contributed by atoms with Crippen LogP contribution in [0.3, 0.4) is 0 Å². The lowest BCUT2D eigenvalue weighted by Crippen LogP contribution is -2.32. The highest BCUT2D eigenvalue weighted by atomic mass is 35.5. The zero-order valence-electron chi connectivity index (χ0n) is 22.1. The molecular weight excluding hydrogens is 462 g/mol. The summed E-state index contributed by atoms with van der Waals surface area (Å²) >= 11 is 6.78. The maximum absolute atomic E-state index is 13.0. The lowest BCUT2D eigenvalue weighted by molar-refractivity contribution is -0.148. The van der Waals surface area contributed by atoms with E-state index in [4.69, 9.17) is 21.1 Å². The van der Waals surface area contributed by atoms with Crippen molar-refractivity contribution in [3.8, 4) is 0 Å². The number of aromatic nitrogens is 1. The van der Waals surface area contributed by atoms with E-state index in [-0.39, 0.29) is 29.4 Å². The second kappa shape index (κ2) is 11.6. The van der Waals surface area contributed by atoms with Gasteiger partial charge in [0, 0.05) is 30.9 Å². The Balaban J connectivity index is 1.88. The van der Waals surface area contributed by atoms with Crippen molar-refractivity contribution >= 4 is 29.4 Å². The molecule has 0 saturated carbocycles. The van der Waals surface area contributed by atoms with Crippen LogP contribution in [0.5, 0.6) is 0 Å². The molecule has 6 heteroatoms. The highest BCUT2D eigenvalue weighted by Crippen LogP contribution is 2.57. The minimum Gasteiger partial charge on any atom is -0.456 e. The first-order chi connectivity index (χ1) is 16.5. The molecule has 5 nitrogen and oxygen atoms in total. The van der Waals surface area contributed by atoms with Crippen molar-refractivity contribution in [1.82, 2.24) is 4.98 Å². The first kappa shape index (κ1) is 27.9. The lowest BCUT2D eigenvalue weighted by Gasteiger charge is -2.26.